The second-order valence-electron chi connectivity index (χ2n) is 11.4. The Morgan fingerprint density at radius 1 is 0.972 bits per heavy atom. The number of carbonyl (C=O) groups excluding carboxylic acids is 1. The number of rotatable bonds is 4. The number of nitrogens with one attached hydrogen (secondary N) is 2. The quantitative estimate of drug-likeness (QED) is 0.427. The van der Waals surface area contributed by atoms with Crippen molar-refractivity contribution in [2.45, 2.75) is 96.7 Å². The molecule has 1 saturated carbocycles. The van der Waals surface area contributed by atoms with Gasteiger partial charge in [-0.25, -0.2) is 14.8 Å². The first kappa shape index (κ1) is 24.5. The van der Waals surface area contributed by atoms with Gasteiger partial charge in [0.05, 0.1) is 11.2 Å². The Labute approximate surface area is 214 Å². The second-order valence-corrected chi connectivity index (χ2v) is 11.4. The van der Waals surface area contributed by atoms with E-state index in [1.165, 1.54) is 41.5 Å². The topological polar surface area (TPSA) is 76.1 Å². The van der Waals surface area contributed by atoms with Gasteiger partial charge in [-0.05, 0) is 113 Å². The van der Waals surface area contributed by atoms with Crippen molar-refractivity contribution in [3.05, 3.63) is 53.2 Å². The summed E-state index contributed by atoms with van der Waals surface area (Å²) in [6.07, 6.45) is 8.32. The lowest BCUT2D eigenvalue weighted by molar-refractivity contribution is 0.0492. The van der Waals surface area contributed by atoms with E-state index >= 15 is 0 Å². The number of ether oxygens (including phenoxy) is 1. The number of alkyl carbamates (subject to hydrolysis) is 1. The molecule has 0 spiro atoms. The number of fused-ring (bicyclic) bond motifs is 2. The van der Waals surface area contributed by atoms with Gasteiger partial charge in [0.1, 0.15) is 5.60 Å². The fraction of sp³-hybridized carbons (Fsp3) is 0.500. The highest BCUT2D eigenvalue weighted by Gasteiger charge is 2.25. The van der Waals surface area contributed by atoms with Crippen molar-refractivity contribution in [1.29, 1.82) is 0 Å². The van der Waals surface area contributed by atoms with Crippen LogP contribution in [0.5, 0.6) is 0 Å². The molecule has 36 heavy (non-hydrogen) atoms. The maximum Gasteiger partial charge on any atom is 0.407 e. The molecule has 0 bridgehead atoms. The smallest absolute Gasteiger partial charge is 0.407 e. The van der Waals surface area contributed by atoms with Gasteiger partial charge in [-0.2, -0.15) is 0 Å². The fourth-order valence-electron chi connectivity index (χ4n) is 5.60. The van der Waals surface area contributed by atoms with E-state index in [2.05, 4.69) is 54.0 Å². The first-order valence-corrected chi connectivity index (χ1v) is 13.4. The molecule has 0 aliphatic heterocycles. The zero-order chi connectivity index (χ0) is 25.3. The molecule has 1 amide bonds. The van der Waals surface area contributed by atoms with Crippen LogP contribution in [-0.4, -0.2) is 33.7 Å². The molecule has 1 fully saturated rings. The van der Waals surface area contributed by atoms with Crippen molar-refractivity contribution < 1.29 is 9.53 Å². The minimum Gasteiger partial charge on any atom is -0.444 e. The highest BCUT2D eigenvalue weighted by molar-refractivity contribution is 5.87. The molecule has 0 radical (unpaired) electrons. The van der Waals surface area contributed by atoms with Gasteiger partial charge in [0.15, 0.2) is 0 Å². The Hall–Kier alpha value is -3.15. The minimum atomic E-state index is -0.477. The number of anilines is 1. The summed E-state index contributed by atoms with van der Waals surface area (Å²) in [5.74, 6) is 0.688. The van der Waals surface area contributed by atoms with E-state index in [0.717, 1.165) is 48.7 Å². The van der Waals surface area contributed by atoms with Crippen LogP contribution in [-0.2, 0) is 17.6 Å². The molecule has 2 aliphatic rings. The van der Waals surface area contributed by atoms with E-state index in [0.29, 0.717) is 12.0 Å². The third-order valence-electron chi connectivity index (χ3n) is 7.37. The average molecular weight is 487 g/mol. The van der Waals surface area contributed by atoms with Crippen molar-refractivity contribution in [3.63, 3.8) is 0 Å². The molecule has 6 heteroatoms. The first-order valence-electron chi connectivity index (χ1n) is 13.4. The molecule has 0 saturated heterocycles. The average Bonchev–Trinajstić information content (AvgIpc) is 2.84. The summed E-state index contributed by atoms with van der Waals surface area (Å²) in [6.45, 7) is 7.72. The third kappa shape index (κ3) is 5.63. The number of amides is 1. The Balaban J connectivity index is 1.26. The number of benzene rings is 2. The van der Waals surface area contributed by atoms with Crippen molar-refractivity contribution in [1.82, 2.24) is 15.3 Å². The number of hydrogen-bond acceptors (Lipinski definition) is 5. The number of aryl methyl sites for hydroxylation is 2. The van der Waals surface area contributed by atoms with Crippen LogP contribution in [0.4, 0.5) is 10.7 Å². The number of carbonyl (C=O) groups is 1. The van der Waals surface area contributed by atoms with Gasteiger partial charge in [0.2, 0.25) is 5.95 Å². The minimum absolute atomic E-state index is 0.152. The van der Waals surface area contributed by atoms with Crippen LogP contribution < -0.4 is 10.6 Å². The normalized spacial score (nSPS) is 20.0. The lowest BCUT2D eigenvalue weighted by atomic mass is 9.86. The molecule has 0 unspecified atom stereocenters. The van der Waals surface area contributed by atoms with Crippen LogP contribution in [0, 0.1) is 6.92 Å². The summed E-state index contributed by atoms with van der Waals surface area (Å²) in [4.78, 5) is 21.7. The molecule has 2 aromatic carbocycles. The second kappa shape index (κ2) is 10.1. The monoisotopic (exact) mass is 486 g/mol. The van der Waals surface area contributed by atoms with E-state index in [1.54, 1.807) is 0 Å². The Morgan fingerprint density at radius 2 is 1.72 bits per heavy atom. The SMILES string of the molecule is Cc1nc(N[C@H]2CC[C@H](NC(=O)OC(C)(C)C)CC2)nc2ccc(-c3cccc4c3CCCC4)cc12. The van der Waals surface area contributed by atoms with Gasteiger partial charge in [-0.15, -0.1) is 0 Å². The Kier molecular flexibility index (Phi) is 6.87. The molecular weight excluding hydrogens is 448 g/mol. The highest BCUT2D eigenvalue weighted by Crippen LogP contribution is 2.33. The molecule has 0 atom stereocenters. The largest absolute Gasteiger partial charge is 0.444 e. The van der Waals surface area contributed by atoms with E-state index in [4.69, 9.17) is 14.7 Å². The van der Waals surface area contributed by atoms with Crippen LogP contribution in [0.15, 0.2) is 36.4 Å². The number of nitrogens with zero attached hydrogens (tertiary/aromatic N) is 2. The molecule has 3 aromatic rings. The van der Waals surface area contributed by atoms with Crippen molar-refractivity contribution in [2.75, 3.05) is 5.32 Å². The summed E-state index contributed by atoms with van der Waals surface area (Å²) in [6, 6.07) is 13.8. The predicted octanol–water partition coefficient (Wildman–Crippen LogP) is 6.73. The van der Waals surface area contributed by atoms with Crippen molar-refractivity contribution in [3.8, 4) is 11.1 Å². The van der Waals surface area contributed by atoms with Crippen LogP contribution >= 0.6 is 0 Å². The fourth-order valence-corrected chi connectivity index (χ4v) is 5.60. The van der Waals surface area contributed by atoms with E-state index in [-0.39, 0.29) is 12.1 Å². The molecule has 2 aliphatic carbocycles. The van der Waals surface area contributed by atoms with E-state index in [1.807, 2.05) is 20.8 Å². The molecular formula is C30H38N4O2. The van der Waals surface area contributed by atoms with Crippen molar-refractivity contribution in [2.24, 2.45) is 0 Å². The highest BCUT2D eigenvalue weighted by atomic mass is 16.6. The van der Waals surface area contributed by atoms with E-state index < -0.39 is 5.60 Å². The molecule has 190 valence electrons. The van der Waals surface area contributed by atoms with Crippen molar-refractivity contribution >= 4 is 22.9 Å². The number of aromatic nitrogens is 2. The van der Waals surface area contributed by atoms with Crippen LogP contribution in [0.25, 0.3) is 22.0 Å². The van der Waals surface area contributed by atoms with E-state index in [9.17, 15) is 4.79 Å². The summed E-state index contributed by atoms with van der Waals surface area (Å²) in [7, 11) is 0. The summed E-state index contributed by atoms with van der Waals surface area (Å²) >= 11 is 0. The predicted molar refractivity (Wildman–Crippen MR) is 145 cm³/mol. The first-order chi connectivity index (χ1) is 17.2. The van der Waals surface area contributed by atoms with Gasteiger partial charge in [0, 0.05) is 17.5 Å². The number of hydrogen-bond donors (Lipinski definition) is 2. The maximum atomic E-state index is 12.1. The lowest BCUT2D eigenvalue weighted by Gasteiger charge is -2.30. The molecule has 6 nitrogen and oxygen atoms in total. The summed E-state index contributed by atoms with van der Waals surface area (Å²) < 4.78 is 5.40. The van der Waals surface area contributed by atoms with Gasteiger partial charge < -0.3 is 15.4 Å². The molecule has 1 aromatic heterocycles. The Morgan fingerprint density at radius 3 is 2.50 bits per heavy atom. The Bertz CT molecular complexity index is 1260. The maximum absolute atomic E-state index is 12.1. The van der Waals surface area contributed by atoms with Crippen LogP contribution in [0.3, 0.4) is 0 Å². The molecule has 2 N–H and O–H groups in total. The molecule has 5 rings (SSSR count). The van der Waals surface area contributed by atoms with Gasteiger partial charge in [0.25, 0.3) is 0 Å². The summed E-state index contributed by atoms with van der Waals surface area (Å²) in [5, 5.41) is 7.67. The standard InChI is InChI=1S/C30H38N4O2/c1-19-26-18-21(25-11-7-9-20-8-5-6-10-24(20)25)12-17-27(26)34-28(31-19)32-22-13-15-23(16-14-22)33-29(35)36-30(2,3)4/h7,9,11-12,17-18,22-23H,5-6,8,10,13-16H2,1-4H3,(H,33,35)(H,31,32,34)/t22-,23-. The lowest BCUT2D eigenvalue weighted by Crippen LogP contribution is -2.42. The van der Waals surface area contributed by atoms with Crippen LogP contribution in [0.2, 0.25) is 0 Å². The van der Waals surface area contributed by atoms with Gasteiger partial charge >= 0.3 is 6.09 Å². The third-order valence-corrected chi connectivity index (χ3v) is 7.37. The van der Waals surface area contributed by atoms with Gasteiger partial charge in [-0.3, -0.25) is 0 Å². The zero-order valence-corrected chi connectivity index (χ0v) is 22.0. The van der Waals surface area contributed by atoms with Crippen LogP contribution in [0.1, 0.15) is 76.1 Å². The molecule has 1 heterocycles. The zero-order valence-electron chi connectivity index (χ0n) is 22.0. The van der Waals surface area contributed by atoms with Gasteiger partial charge in [-0.1, -0.05) is 24.3 Å². The summed E-state index contributed by atoms with van der Waals surface area (Å²) in [5.41, 5.74) is 7.11.